The Kier molecular flexibility index (Phi) is 7.30. The van der Waals surface area contributed by atoms with Crippen molar-refractivity contribution < 1.29 is 27.4 Å². The van der Waals surface area contributed by atoms with Crippen molar-refractivity contribution in [2.24, 2.45) is 0 Å². The van der Waals surface area contributed by atoms with E-state index >= 15 is 0 Å². The highest BCUT2D eigenvalue weighted by Gasteiger charge is 2.34. The number of hydrogen-bond acceptors (Lipinski definition) is 3. The molecule has 0 aromatic heterocycles. The molecule has 3 aromatic rings. The highest BCUT2D eigenvalue weighted by Crippen LogP contribution is 2.36. The van der Waals surface area contributed by atoms with Crippen LogP contribution in [0.5, 0.6) is 11.5 Å². The predicted octanol–water partition coefficient (Wildman–Crippen LogP) is 6.90. The first kappa shape index (κ1) is 23.5. The van der Waals surface area contributed by atoms with Crippen LogP contribution in [0.3, 0.4) is 0 Å². The second-order valence-corrected chi connectivity index (χ2v) is 7.44. The molecule has 0 saturated heterocycles. The number of alkyl halides is 3. The maximum Gasteiger partial charge on any atom is 0.418 e. The summed E-state index contributed by atoms with van der Waals surface area (Å²) in [7, 11) is 0. The van der Waals surface area contributed by atoms with Gasteiger partial charge in [-0.25, -0.2) is 0 Å². The molecule has 3 aromatic carbocycles. The van der Waals surface area contributed by atoms with E-state index in [1.165, 1.54) is 12.1 Å². The Morgan fingerprint density at radius 3 is 2.50 bits per heavy atom. The lowest BCUT2D eigenvalue weighted by Crippen LogP contribution is -2.17. The third-order valence-corrected chi connectivity index (χ3v) is 4.78. The SMILES string of the molecule is CCOc1ccc(C(=O)Nc2ccc(Cl)cc2C(F)(F)F)cc1COc1cccc(C)c1. The van der Waals surface area contributed by atoms with Gasteiger partial charge in [0, 0.05) is 16.1 Å². The Bertz CT molecular complexity index is 1120. The van der Waals surface area contributed by atoms with E-state index in [2.05, 4.69) is 5.32 Å². The van der Waals surface area contributed by atoms with E-state index in [9.17, 15) is 18.0 Å². The monoisotopic (exact) mass is 463 g/mol. The first-order valence-corrected chi connectivity index (χ1v) is 10.2. The molecule has 0 unspecified atom stereocenters. The van der Waals surface area contributed by atoms with Crippen molar-refractivity contribution >= 4 is 23.2 Å². The zero-order chi connectivity index (χ0) is 23.3. The molecule has 0 bridgehead atoms. The summed E-state index contributed by atoms with van der Waals surface area (Å²) in [6, 6.07) is 15.3. The molecule has 0 heterocycles. The Labute approximate surface area is 188 Å². The van der Waals surface area contributed by atoms with Gasteiger partial charge in [-0.2, -0.15) is 13.2 Å². The number of anilines is 1. The molecule has 0 aliphatic rings. The average molecular weight is 464 g/mol. The lowest BCUT2D eigenvalue weighted by atomic mass is 10.1. The lowest BCUT2D eigenvalue weighted by Gasteiger charge is -2.16. The summed E-state index contributed by atoms with van der Waals surface area (Å²) < 4.78 is 51.4. The molecule has 32 heavy (non-hydrogen) atoms. The third-order valence-electron chi connectivity index (χ3n) is 4.54. The van der Waals surface area contributed by atoms with Crippen LogP contribution in [-0.4, -0.2) is 12.5 Å². The number of ether oxygens (including phenoxy) is 2. The summed E-state index contributed by atoms with van der Waals surface area (Å²) in [5.74, 6) is 0.482. The summed E-state index contributed by atoms with van der Waals surface area (Å²) in [4.78, 5) is 12.7. The van der Waals surface area contributed by atoms with Gasteiger partial charge in [-0.3, -0.25) is 4.79 Å². The van der Waals surface area contributed by atoms with Crippen molar-refractivity contribution in [3.63, 3.8) is 0 Å². The van der Waals surface area contributed by atoms with Gasteiger partial charge < -0.3 is 14.8 Å². The summed E-state index contributed by atoms with van der Waals surface area (Å²) in [5, 5.41) is 2.24. The number of aryl methyl sites for hydroxylation is 1. The van der Waals surface area contributed by atoms with Crippen molar-refractivity contribution in [3.8, 4) is 11.5 Å². The first-order valence-electron chi connectivity index (χ1n) is 9.80. The molecule has 168 valence electrons. The lowest BCUT2D eigenvalue weighted by molar-refractivity contribution is -0.136. The number of carbonyl (C=O) groups is 1. The van der Waals surface area contributed by atoms with Crippen molar-refractivity contribution in [1.29, 1.82) is 0 Å². The first-order chi connectivity index (χ1) is 15.2. The fourth-order valence-electron chi connectivity index (χ4n) is 3.05. The second-order valence-electron chi connectivity index (χ2n) is 7.00. The van der Waals surface area contributed by atoms with Crippen LogP contribution in [0.2, 0.25) is 5.02 Å². The van der Waals surface area contributed by atoms with Crippen LogP contribution in [-0.2, 0) is 12.8 Å². The molecular formula is C24H21ClF3NO3. The predicted molar refractivity (Wildman–Crippen MR) is 118 cm³/mol. The minimum Gasteiger partial charge on any atom is -0.493 e. The van der Waals surface area contributed by atoms with E-state index in [1.807, 2.05) is 38.1 Å². The Morgan fingerprint density at radius 1 is 1.03 bits per heavy atom. The van der Waals surface area contributed by atoms with Crippen molar-refractivity contribution in [2.45, 2.75) is 26.6 Å². The molecule has 0 radical (unpaired) electrons. The van der Waals surface area contributed by atoms with E-state index in [4.69, 9.17) is 21.1 Å². The van der Waals surface area contributed by atoms with Gasteiger partial charge in [0.2, 0.25) is 0 Å². The summed E-state index contributed by atoms with van der Waals surface area (Å²) in [5.41, 5.74) is 0.391. The van der Waals surface area contributed by atoms with E-state index in [-0.39, 0.29) is 22.9 Å². The topological polar surface area (TPSA) is 47.6 Å². The number of rotatable bonds is 7. The number of halogens is 4. The van der Waals surface area contributed by atoms with Gasteiger partial charge in [0.05, 0.1) is 17.9 Å². The molecule has 0 fully saturated rings. The van der Waals surface area contributed by atoms with E-state index in [0.29, 0.717) is 23.7 Å². The van der Waals surface area contributed by atoms with Crippen LogP contribution in [0.15, 0.2) is 60.7 Å². The molecule has 3 rings (SSSR count). The largest absolute Gasteiger partial charge is 0.493 e. The van der Waals surface area contributed by atoms with E-state index < -0.39 is 17.6 Å². The smallest absolute Gasteiger partial charge is 0.418 e. The third kappa shape index (κ3) is 5.95. The van der Waals surface area contributed by atoms with Crippen molar-refractivity contribution in [2.75, 3.05) is 11.9 Å². The molecule has 1 N–H and O–H groups in total. The Morgan fingerprint density at radius 2 is 1.81 bits per heavy atom. The Hall–Kier alpha value is -3.19. The highest BCUT2D eigenvalue weighted by molar-refractivity contribution is 6.30. The van der Waals surface area contributed by atoms with E-state index in [1.54, 1.807) is 12.1 Å². The standard InChI is InChI=1S/C24H21ClF3NO3/c1-3-31-22-10-7-16(12-17(22)14-32-19-6-4-5-15(2)11-19)23(30)29-21-9-8-18(25)13-20(21)24(26,27)28/h4-13H,3,14H2,1-2H3,(H,29,30). The number of hydrogen-bond donors (Lipinski definition) is 1. The Balaban J connectivity index is 1.85. The molecule has 0 saturated carbocycles. The van der Waals surface area contributed by atoms with Gasteiger partial charge in [0.25, 0.3) is 5.91 Å². The zero-order valence-electron chi connectivity index (χ0n) is 17.4. The van der Waals surface area contributed by atoms with E-state index in [0.717, 1.165) is 17.7 Å². The minimum atomic E-state index is -4.67. The molecule has 0 aliphatic carbocycles. The van der Waals surface area contributed by atoms with Gasteiger partial charge in [0.1, 0.15) is 18.1 Å². The summed E-state index contributed by atoms with van der Waals surface area (Å²) in [6.07, 6.45) is -4.67. The highest BCUT2D eigenvalue weighted by atomic mass is 35.5. The molecule has 0 atom stereocenters. The zero-order valence-corrected chi connectivity index (χ0v) is 18.2. The van der Waals surface area contributed by atoms with Crippen LogP contribution in [0.4, 0.5) is 18.9 Å². The van der Waals surface area contributed by atoms with Gasteiger partial charge >= 0.3 is 6.18 Å². The second kappa shape index (κ2) is 9.96. The van der Waals surface area contributed by atoms with Gasteiger partial charge in [-0.05, 0) is 67.9 Å². The number of benzene rings is 3. The summed E-state index contributed by atoms with van der Waals surface area (Å²) >= 11 is 5.70. The molecule has 8 heteroatoms. The average Bonchev–Trinajstić information content (AvgIpc) is 2.73. The number of amides is 1. The van der Waals surface area contributed by atoms with Gasteiger partial charge in [-0.15, -0.1) is 0 Å². The van der Waals surface area contributed by atoms with Crippen molar-refractivity contribution in [3.05, 3.63) is 87.9 Å². The molecule has 0 spiro atoms. The van der Waals surface area contributed by atoms with Crippen LogP contribution >= 0.6 is 11.6 Å². The van der Waals surface area contributed by atoms with Crippen LogP contribution < -0.4 is 14.8 Å². The fraction of sp³-hybridized carbons (Fsp3) is 0.208. The van der Waals surface area contributed by atoms with Gasteiger partial charge in [-0.1, -0.05) is 23.7 Å². The quantitative estimate of drug-likeness (QED) is 0.414. The maximum absolute atomic E-state index is 13.3. The minimum absolute atomic E-state index is 0.0769. The van der Waals surface area contributed by atoms with Crippen molar-refractivity contribution in [1.82, 2.24) is 0 Å². The van der Waals surface area contributed by atoms with Crippen LogP contribution in [0.25, 0.3) is 0 Å². The molecule has 1 amide bonds. The maximum atomic E-state index is 13.3. The fourth-order valence-corrected chi connectivity index (χ4v) is 3.22. The summed E-state index contributed by atoms with van der Waals surface area (Å²) in [6.45, 7) is 4.29. The number of carbonyl (C=O) groups excluding carboxylic acids is 1. The molecular weight excluding hydrogens is 443 g/mol. The van der Waals surface area contributed by atoms with Crippen LogP contribution in [0.1, 0.15) is 34.0 Å². The molecule has 4 nitrogen and oxygen atoms in total. The normalized spacial score (nSPS) is 11.2. The van der Waals surface area contributed by atoms with Crippen LogP contribution in [0, 0.1) is 6.92 Å². The number of nitrogens with one attached hydrogen (secondary N) is 1. The molecule has 0 aliphatic heterocycles. The van der Waals surface area contributed by atoms with Gasteiger partial charge in [0.15, 0.2) is 0 Å².